The lowest BCUT2D eigenvalue weighted by molar-refractivity contribution is -0.122. The SMILES string of the molecule is CCCOCCC(=O)NC(CC)C(N)=NO. The number of carbonyl (C=O) groups is 1. The second-order valence-electron chi connectivity index (χ2n) is 3.42. The zero-order chi connectivity index (χ0) is 12.4. The molecule has 0 aromatic rings. The number of amidine groups is 1. The van der Waals surface area contributed by atoms with Crippen LogP contribution in [-0.2, 0) is 9.53 Å². The van der Waals surface area contributed by atoms with E-state index in [-0.39, 0.29) is 18.2 Å². The van der Waals surface area contributed by atoms with Gasteiger partial charge >= 0.3 is 0 Å². The Morgan fingerprint density at radius 2 is 2.19 bits per heavy atom. The molecular weight excluding hydrogens is 210 g/mol. The molecule has 6 nitrogen and oxygen atoms in total. The largest absolute Gasteiger partial charge is 0.409 e. The normalized spacial score (nSPS) is 13.5. The molecule has 1 unspecified atom stereocenters. The summed E-state index contributed by atoms with van der Waals surface area (Å²) in [6.07, 6.45) is 1.80. The maximum Gasteiger partial charge on any atom is 0.222 e. The number of oxime groups is 1. The summed E-state index contributed by atoms with van der Waals surface area (Å²) in [5.74, 6) is -0.139. The third-order valence-corrected chi connectivity index (χ3v) is 2.04. The van der Waals surface area contributed by atoms with Crippen LogP contribution in [0.15, 0.2) is 5.16 Å². The molecule has 0 radical (unpaired) electrons. The van der Waals surface area contributed by atoms with Crippen LogP contribution < -0.4 is 11.1 Å². The highest BCUT2D eigenvalue weighted by Crippen LogP contribution is 1.93. The monoisotopic (exact) mass is 231 g/mol. The van der Waals surface area contributed by atoms with Crippen LogP contribution in [0.1, 0.15) is 33.1 Å². The first-order valence-corrected chi connectivity index (χ1v) is 5.50. The zero-order valence-corrected chi connectivity index (χ0v) is 9.90. The fourth-order valence-electron chi connectivity index (χ4n) is 1.13. The van der Waals surface area contributed by atoms with Crippen molar-refractivity contribution in [3.8, 4) is 0 Å². The Bertz CT molecular complexity index is 231. The highest BCUT2D eigenvalue weighted by molar-refractivity contribution is 5.89. The first-order chi connectivity index (χ1) is 7.65. The van der Waals surface area contributed by atoms with Crippen LogP contribution in [-0.4, -0.2) is 36.2 Å². The summed E-state index contributed by atoms with van der Waals surface area (Å²) in [5, 5.41) is 14.0. The average Bonchev–Trinajstić information content (AvgIpc) is 2.30. The molecule has 0 fully saturated rings. The van der Waals surface area contributed by atoms with Gasteiger partial charge in [-0.25, -0.2) is 0 Å². The standard InChI is InChI=1S/C10H21N3O3/c1-3-6-16-7-5-9(14)12-8(4-2)10(11)13-15/h8,15H,3-7H2,1-2H3,(H2,11,13)(H,12,14). The van der Waals surface area contributed by atoms with Gasteiger partial charge in [0.1, 0.15) is 0 Å². The number of nitrogens with two attached hydrogens (primary N) is 1. The Morgan fingerprint density at radius 1 is 1.50 bits per heavy atom. The molecule has 0 aliphatic heterocycles. The average molecular weight is 231 g/mol. The fourth-order valence-corrected chi connectivity index (χ4v) is 1.13. The molecule has 0 aromatic heterocycles. The number of rotatable bonds is 8. The van der Waals surface area contributed by atoms with E-state index in [0.717, 1.165) is 6.42 Å². The smallest absolute Gasteiger partial charge is 0.222 e. The molecule has 0 spiro atoms. The third-order valence-electron chi connectivity index (χ3n) is 2.04. The van der Waals surface area contributed by atoms with Crippen molar-refractivity contribution in [3.63, 3.8) is 0 Å². The third kappa shape index (κ3) is 6.23. The van der Waals surface area contributed by atoms with Crippen LogP contribution in [0.3, 0.4) is 0 Å². The Hall–Kier alpha value is -1.30. The molecule has 0 saturated carbocycles. The van der Waals surface area contributed by atoms with Crippen LogP contribution >= 0.6 is 0 Å². The molecule has 0 bridgehead atoms. The molecule has 0 aliphatic rings. The van der Waals surface area contributed by atoms with E-state index in [1.807, 2.05) is 13.8 Å². The summed E-state index contributed by atoms with van der Waals surface area (Å²) >= 11 is 0. The van der Waals surface area contributed by atoms with Crippen LogP contribution in [0.25, 0.3) is 0 Å². The molecule has 4 N–H and O–H groups in total. The van der Waals surface area contributed by atoms with Gasteiger partial charge in [-0.1, -0.05) is 19.0 Å². The lowest BCUT2D eigenvalue weighted by atomic mass is 10.2. The van der Waals surface area contributed by atoms with Gasteiger partial charge in [0, 0.05) is 13.0 Å². The number of ether oxygens (including phenoxy) is 1. The van der Waals surface area contributed by atoms with Crippen molar-refractivity contribution < 1.29 is 14.7 Å². The second kappa shape index (κ2) is 8.96. The van der Waals surface area contributed by atoms with Crippen molar-refractivity contribution in [2.24, 2.45) is 10.9 Å². The Kier molecular flexibility index (Phi) is 8.24. The maximum atomic E-state index is 11.4. The highest BCUT2D eigenvalue weighted by Gasteiger charge is 2.14. The molecule has 0 rings (SSSR count). The van der Waals surface area contributed by atoms with Gasteiger partial charge in [0.05, 0.1) is 12.6 Å². The molecule has 0 aliphatic carbocycles. The molecule has 0 heterocycles. The lowest BCUT2D eigenvalue weighted by Crippen LogP contribution is -2.44. The van der Waals surface area contributed by atoms with Gasteiger partial charge in [0.15, 0.2) is 5.84 Å². The van der Waals surface area contributed by atoms with Crippen molar-refractivity contribution in [3.05, 3.63) is 0 Å². The van der Waals surface area contributed by atoms with Gasteiger partial charge in [0.25, 0.3) is 0 Å². The predicted molar refractivity (Wildman–Crippen MR) is 61.4 cm³/mol. The van der Waals surface area contributed by atoms with Crippen molar-refractivity contribution in [1.29, 1.82) is 0 Å². The summed E-state index contributed by atoms with van der Waals surface area (Å²) < 4.78 is 5.18. The van der Waals surface area contributed by atoms with Crippen molar-refractivity contribution in [2.75, 3.05) is 13.2 Å². The van der Waals surface area contributed by atoms with Gasteiger partial charge in [0.2, 0.25) is 5.91 Å². The molecule has 94 valence electrons. The van der Waals surface area contributed by atoms with Crippen LogP contribution in [0.5, 0.6) is 0 Å². The molecule has 6 heteroatoms. The fraction of sp³-hybridized carbons (Fsp3) is 0.800. The summed E-state index contributed by atoms with van der Waals surface area (Å²) in [6, 6.07) is -0.413. The number of carbonyl (C=O) groups excluding carboxylic acids is 1. The Balaban J connectivity index is 3.84. The summed E-state index contributed by atoms with van der Waals surface area (Å²) in [4.78, 5) is 11.4. The van der Waals surface area contributed by atoms with E-state index in [9.17, 15) is 4.79 Å². The number of hydrogen-bond donors (Lipinski definition) is 3. The van der Waals surface area contributed by atoms with Crippen LogP contribution in [0.2, 0.25) is 0 Å². The minimum atomic E-state index is -0.413. The highest BCUT2D eigenvalue weighted by atomic mass is 16.5. The van der Waals surface area contributed by atoms with Gasteiger partial charge in [-0.2, -0.15) is 0 Å². The van der Waals surface area contributed by atoms with Crippen molar-refractivity contribution in [1.82, 2.24) is 5.32 Å². The van der Waals surface area contributed by atoms with Crippen LogP contribution in [0, 0.1) is 0 Å². The Labute approximate surface area is 95.8 Å². The van der Waals surface area contributed by atoms with Gasteiger partial charge < -0.3 is 21.0 Å². The summed E-state index contributed by atoms with van der Waals surface area (Å²) in [6.45, 7) is 4.90. The molecule has 1 amide bonds. The van der Waals surface area contributed by atoms with Gasteiger partial charge in [-0.15, -0.1) is 0 Å². The molecule has 16 heavy (non-hydrogen) atoms. The lowest BCUT2D eigenvalue weighted by Gasteiger charge is -2.15. The van der Waals surface area contributed by atoms with Gasteiger partial charge in [-0.3, -0.25) is 4.79 Å². The number of amides is 1. The molecule has 0 saturated heterocycles. The quantitative estimate of drug-likeness (QED) is 0.186. The van der Waals surface area contributed by atoms with Crippen LogP contribution in [0.4, 0.5) is 0 Å². The minimum Gasteiger partial charge on any atom is -0.409 e. The number of nitrogens with zero attached hydrogens (tertiary/aromatic N) is 1. The first kappa shape index (κ1) is 14.7. The summed E-state index contributed by atoms with van der Waals surface area (Å²) in [5.41, 5.74) is 5.41. The number of nitrogens with one attached hydrogen (secondary N) is 1. The van der Waals surface area contributed by atoms with E-state index < -0.39 is 6.04 Å². The van der Waals surface area contributed by atoms with E-state index in [1.54, 1.807) is 0 Å². The van der Waals surface area contributed by atoms with Crippen molar-refractivity contribution in [2.45, 2.75) is 39.2 Å². The topological polar surface area (TPSA) is 96.9 Å². The second-order valence-corrected chi connectivity index (χ2v) is 3.42. The molecule has 0 aromatic carbocycles. The predicted octanol–water partition coefficient (Wildman–Crippen LogP) is 0.444. The Morgan fingerprint density at radius 3 is 2.69 bits per heavy atom. The van der Waals surface area contributed by atoms with E-state index in [0.29, 0.717) is 19.6 Å². The van der Waals surface area contributed by atoms with E-state index >= 15 is 0 Å². The van der Waals surface area contributed by atoms with E-state index in [2.05, 4.69) is 10.5 Å². The molecule has 1 atom stereocenters. The van der Waals surface area contributed by atoms with E-state index in [4.69, 9.17) is 15.7 Å². The molecular formula is C10H21N3O3. The summed E-state index contributed by atoms with van der Waals surface area (Å²) in [7, 11) is 0. The zero-order valence-electron chi connectivity index (χ0n) is 9.90. The maximum absolute atomic E-state index is 11.4. The minimum absolute atomic E-state index is 0.0188. The van der Waals surface area contributed by atoms with E-state index in [1.165, 1.54) is 0 Å². The first-order valence-electron chi connectivity index (χ1n) is 5.50. The van der Waals surface area contributed by atoms with Crippen molar-refractivity contribution >= 4 is 11.7 Å². The number of hydrogen-bond acceptors (Lipinski definition) is 4. The van der Waals surface area contributed by atoms with Gasteiger partial charge in [-0.05, 0) is 12.8 Å².